The summed E-state index contributed by atoms with van der Waals surface area (Å²) >= 11 is 5.85. The predicted molar refractivity (Wildman–Crippen MR) is 66.9 cm³/mol. The van der Waals surface area contributed by atoms with Gasteiger partial charge in [0, 0.05) is 10.9 Å². The highest BCUT2D eigenvalue weighted by molar-refractivity contribution is 6.35. The van der Waals surface area contributed by atoms with Gasteiger partial charge in [0.05, 0.1) is 22.7 Å². The van der Waals surface area contributed by atoms with Gasteiger partial charge in [-0.15, -0.1) is 0 Å². The van der Waals surface area contributed by atoms with E-state index in [2.05, 4.69) is 10.2 Å². The summed E-state index contributed by atoms with van der Waals surface area (Å²) in [6, 6.07) is 3.34. The van der Waals surface area contributed by atoms with Crippen molar-refractivity contribution >= 4 is 34.8 Å². The first-order chi connectivity index (χ1) is 8.61. The Morgan fingerprint density at radius 3 is 2.72 bits per heavy atom. The fourth-order valence-corrected chi connectivity index (χ4v) is 1.71. The number of rotatable bonds is 2. The second-order valence-corrected chi connectivity index (χ2v) is 4.47. The highest BCUT2D eigenvalue weighted by Gasteiger charge is 2.28. The molecule has 0 radical (unpaired) electrons. The molecule has 0 saturated heterocycles. The van der Waals surface area contributed by atoms with Gasteiger partial charge in [0.15, 0.2) is 0 Å². The van der Waals surface area contributed by atoms with Gasteiger partial charge in [-0.2, -0.15) is 5.10 Å². The van der Waals surface area contributed by atoms with Crippen molar-refractivity contribution in [3.05, 3.63) is 28.9 Å². The molecule has 1 saturated carbocycles. The van der Waals surface area contributed by atoms with Crippen LogP contribution in [0.15, 0.2) is 18.3 Å². The van der Waals surface area contributed by atoms with Crippen LogP contribution in [0.4, 0.5) is 0 Å². The standard InChI is InChI=1S/C8H5ClN2O.C4H6O2/c9-7-2-5(4-12)1-6-3-10-11-8(6)7;5-4(6)3-1-2-3/h1-4H,(H,10,11);3H,1-2H2,(H,5,6). The molecule has 1 aliphatic carbocycles. The van der Waals surface area contributed by atoms with Crippen LogP contribution >= 0.6 is 11.6 Å². The Morgan fingerprint density at radius 1 is 1.50 bits per heavy atom. The van der Waals surface area contributed by atoms with Crippen LogP contribution in [-0.2, 0) is 4.79 Å². The van der Waals surface area contributed by atoms with Crippen LogP contribution < -0.4 is 0 Å². The minimum Gasteiger partial charge on any atom is -0.481 e. The van der Waals surface area contributed by atoms with E-state index in [1.54, 1.807) is 18.3 Å². The Morgan fingerprint density at radius 2 is 2.22 bits per heavy atom. The lowest BCUT2D eigenvalue weighted by Gasteiger charge is -1.93. The molecule has 5 nitrogen and oxygen atoms in total. The molecule has 1 aliphatic rings. The van der Waals surface area contributed by atoms with Gasteiger partial charge < -0.3 is 5.11 Å². The Hall–Kier alpha value is -1.88. The van der Waals surface area contributed by atoms with E-state index in [0.717, 1.165) is 30.0 Å². The van der Waals surface area contributed by atoms with Crippen molar-refractivity contribution in [2.24, 2.45) is 5.92 Å². The Labute approximate surface area is 108 Å². The molecule has 0 amide bonds. The van der Waals surface area contributed by atoms with Crippen LogP contribution in [0.25, 0.3) is 10.9 Å². The molecular formula is C12H11ClN2O3. The molecule has 1 fully saturated rings. The van der Waals surface area contributed by atoms with Gasteiger partial charge in [-0.1, -0.05) is 11.6 Å². The van der Waals surface area contributed by atoms with Crippen molar-refractivity contribution in [2.75, 3.05) is 0 Å². The van der Waals surface area contributed by atoms with Gasteiger partial charge >= 0.3 is 5.97 Å². The summed E-state index contributed by atoms with van der Waals surface area (Å²) in [5, 5.41) is 16.0. The number of fused-ring (bicyclic) bond motifs is 1. The summed E-state index contributed by atoms with van der Waals surface area (Å²) in [5.74, 6) is -0.611. The van der Waals surface area contributed by atoms with E-state index in [1.807, 2.05) is 0 Å². The topological polar surface area (TPSA) is 83.0 Å². The Bertz CT molecular complexity index is 590. The molecule has 2 aromatic rings. The normalized spacial score (nSPS) is 13.8. The second-order valence-electron chi connectivity index (χ2n) is 4.07. The van der Waals surface area contributed by atoms with Crippen LogP contribution in [0.1, 0.15) is 23.2 Å². The number of H-pyrrole nitrogens is 1. The van der Waals surface area contributed by atoms with Gasteiger partial charge in [0.1, 0.15) is 6.29 Å². The zero-order chi connectivity index (χ0) is 13.1. The molecule has 1 aromatic heterocycles. The molecule has 1 aromatic carbocycles. The molecule has 94 valence electrons. The largest absolute Gasteiger partial charge is 0.481 e. The van der Waals surface area contributed by atoms with E-state index >= 15 is 0 Å². The van der Waals surface area contributed by atoms with Crippen molar-refractivity contribution in [3.8, 4) is 0 Å². The molecule has 2 N–H and O–H groups in total. The number of hydrogen-bond donors (Lipinski definition) is 2. The first-order valence-electron chi connectivity index (χ1n) is 5.42. The van der Waals surface area contributed by atoms with Crippen LogP contribution in [0, 0.1) is 5.92 Å². The Balaban J connectivity index is 0.000000169. The predicted octanol–water partition coefficient (Wildman–Crippen LogP) is 2.51. The number of carbonyl (C=O) groups excluding carboxylic acids is 1. The number of nitrogens with zero attached hydrogens (tertiary/aromatic N) is 1. The van der Waals surface area contributed by atoms with Crippen molar-refractivity contribution in [1.29, 1.82) is 0 Å². The van der Waals surface area contributed by atoms with Gasteiger partial charge in [-0.3, -0.25) is 14.7 Å². The van der Waals surface area contributed by atoms with Crippen LogP contribution in [0.3, 0.4) is 0 Å². The van der Waals surface area contributed by atoms with Gasteiger partial charge in [0.25, 0.3) is 0 Å². The third-order valence-corrected chi connectivity index (χ3v) is 2.88. The maximum atomic E-state index is 10.4. The van der Waals surface area contributed by atoms with Crippen LogP contribution in [0.2, 0.25) is 5.02 Å². The van der Waals surface area contributed by atoms with Crippen LogP contribution in [-0.4, -0.2) is 27.6 Å². The molecule has 3 rings (SSSR count). The van der Waals surface area contributed by atoms with Crippen LogP contribution in [0.5, 0.6) is 0 Å². The number of benzene rings is 1. The molecule has 0 spiro atoms. The smallest absolute Gasteiger partial charge is 0.306 e. The summed E-state index contributed by atoms with van der Waals surface area (Å²) in [6.45, 7) is 0. The zero-order valence-corrected chi connectivity index (χ0v) is 10.1. The third-order valence-electron chi connectivity index (χ3n) is 2.59. The number of aromatic nitrogens is 2. The maximum absolute atomic E-state index is 10.4. The first-order valence-corrected chi connectivity index (χ1v) is 5.80. The first kappa shape index (κ1) is 12.6. The number of hydrogen-bond acceptors (Lipinski definition) is 3. The van der Waals surface area contributed by atoms with E-state index in [0.29, 0.717) is 10.6 Å². The quantitative estimate of drug-likeness (QED) is 0.818. The minimum absolute atomic E-state index is 0.0185. The fourth-order valence-electron chi connectivity index (χ4n) is 1.43. The number of carboxylic acids is 1. The minimum atomic E-state index is -0.630. The number of nitrogens with one attached hydrogen (secondary N) is 1. The number of aldehydes is 1. The lowest BCUT2D eigenvalue weighted by molar-refractivity contribution is -0.138. The molecule has 18 heavy (non-hydrogen) atoms. The average molecular weight is 267 g/mol. The number of carboxylic acid groups (broad SMARTS) is 1. The average Bonchev–Trinajstić information content (AvgIpc) is 3.09. The van der Waals surface area contributed by atoms with E-state index in [-0.39, 0.29) is 5.92 Å². The highest BCUT2D eigenvalue weighted by Crippen LogP contribution is 2.28. The van der Waals surface area contributed by atoms with Crippen molar-refractivity contribution in [3.63, 3.8) is 0 Å². The summed E-state index contributed by atoms with van der Waals surface area (Å²) in [6.07, 6.45) is 4.19. The summed E-state index contributed by atoms with van der Waals surface area (Å²) in [7, 11) is 0. The monoisotopic (exact) mass is 266 g/mol. The van der Waals surface area contributed by atoms with Gasteiger partial charge in [0.2, 0.25) is 0 Å². The van der Waals surface area contributed by atoms with E-state index in [4.69, 9.17) is 16.7 Å². The summed E-state index contributed by atoms with van der Waals surface area (Å²) in [4.78, 5) is 20.2. The van der Waals surface area contributed by atoms with E-state index < -0.39 is 5.97 Å². The fraction of sp³-hybridized carbons (Fsp3) is 0.250. The summed E-state index contributed by atoms with van der Waals surface area (Å²) in [5.41, 5.74) is 1.33. The van der Waals surface area contributed by atoms with Crippen molar-refractivity contribution in [2.45, 2.75) is 12.8 Å². The molecule has 0 atom stereocenters. The maximum Gasteiger partial charge on any atom is 0.306 e. The number of carbonyl (C=O) groups is 2. The number of aliphatic carboxylic acids is 1. The lowest BCUT2D eigenvalue weighted by Crippen LogP contribution is -1.94. The highest BCUT2D eigenvalue weighted by atomic mass is 35.5. The molecule has 0 bridgehead atoms. The molecule has 0 unspecified atom stereocenters. The molecule has 1 heterocycles. The molecular weight excluding hydrogens is 256 g/mol. The van der Waals surface area contributed by atoms with Gasteiger partial charge in [-0.25, -0.2) is 0 Å². The van der Waals surface area contributed by atoms with Crippen molar-refractivity contribution < 1.29 is 14.7 Å². The van der Waals surface area contributed by atoms with E-state index in [9.17, 15) is 9.59 Å². The van der Waals surface area contributed by atoms with E-state index in [1.165, 1.54) is 0 Å². The lowest BCUT2D eigenvalue weighted by atomic mass is 10.2. The summed E-state index contributed by atoms with van der Waals surface area (Å²) < 4.78 is 0. The molecule has 0 aliphatic heterocycles. The zero-order valence-electron chi connectivity index (χ0n) is 9.39. The van der Waals surface area contributed by atoms with Crippen molar-refractivity contribution in [1.82, 2.24) is 10.2 Å². The third kappa shape index (κ3) is 2.87. The molecule has 6 heteroatoms. The van der Waals surface area contributed by atoms with Gasteiger partial charge in [-0.05, 0) is 25.0 Å². The number of halogens is 1. The Kier molecular flexibility index (Phi) is 3.62. The second kappa shape index (κ2) is 5.18. The SMILES string of the molecule is O=C(O)C1CC1.O=Cc1cc(Cl)c2[nH]ncc2c1. The number of aromatic amines is 1.